The van der Waals surface area contributed by atoms with Crippen LogP contribution in [0, 0.1) is 5.41 Å². The highest BCUT2D eigenvalue weighted by molar-refractivity contribution is 4.76. The molecule has 12 heavy (non-hydrogen) atoms. The van der Waals surface area contributed by atoms with Crippen LogP contribution in [0.15, 0.2) is 0 Å². The van der Waals surface area contributed by atoms with E-state index >= 15 is 0 Å². The summed E-state index contributed by atoms with van der Waals surface area (Å²) in [6, 6.07) is 0. The first-order valence-electron chi connectivity index (χ1n) is 4.30. The van der Waals surface area contributed by atoms with Crippen LogP contribution in [-0.2, 0) is 6.42 Å². The number of nitrogens with one attached hydrogen (secondary N) is 1. The highest BCUT2D eigenvalue weighted by Crippen LogP contribution is 2.20. The zero-order valence-corrected chi connectivity index (χ0v) is 7.96. The van der Waals surface area contributed by atoms with Crippen LogP contribution >= 0.6 is 0 Å². The molecule has 0 spiro atoms. The second-order valence-corrected chi connectivity index (χ2v) is 4.24. The van der Waals surface area contributed by atoms with Gasteiger partial charge in [-0.1, -0.05) is 26.0 Å². The molecule has 0 aromatic carbocycles. The Labute approximate surface area is 72.8 Å². The Kier molecular flexibility index (Phi) is 2.78. The molecule has 0 fully saturated rings. The fourth-order valence-corrected chi connectivity index (χ4v) is 1.07. The van der Waals surface area contributed by atoms with E-state index in [1.54, 1.807) is 0 Å². The van der Waals surface area contributed by atoms with Crippen molar-refractivity contribution in [2.75, 3.05) is 0 Å². The zero-order valence-electron chi connectivity index (χ0n) is 7.96. The molecule has 1 N–H and O–H groups in total. The van der Waals surface area contributed by atoms with E-state index < -0.39 is 0 Å². The van der Waals surface area contributed by atoms with Crippen LogP contribution in [-0.4, -0.2) is 20.6 Å². The van der Waals surface area contributed by atoms with Gasteiger partial charge >= 0.3 is 0 Å². The van der Waals surface area contributed by atoms with Crippen LogP contribution < -0.4 is 0 Å². The lowest BCUT2D eigenvalue weighted by atomic mass is 9.90. The van der Waals surface area contributed by atoms with E-state index in [-0.39, 0.29) is 0 Å². The number of nitrogens with zero attached hydrogens (tertiary/aromatic N) is 3. The standard InChI is InChI=1S/C8H16N4/c1-8(2,3)6-4-5-7-9-11-12-10-7/h4-6H2,1-3H3,(H,9,10,11,12). The van der Waals surface area contributed by atoms with Crippen LogP contribution in [0.25, 0.3) is 0 Å². The van der Waals surface area contributed by atoms with Crippen molar-refractivity contribution >= 4 is 0 Å². The largest absolute Gasteiger partial charge is 0.177 e. The van der Waals surface area contributed by atoms with E-state index in [0.717, 1.165) is 18.7 Å². The molecule has 0 aliphatic heterocycles. The van der Waals surface area contributed by atoms with Crippen molar-refractivity contribution < 1.29 is 0 Å². The third-order valence-electron chi connectivity index (χ3n) is 1.72. The summed E-state index contributed by atoms with van der Waals surface area (Å²) in [5.74, 6) is 0.819. The minimum atomic E-state index is 0.406. The molecule has 1 aromatic rings. The summed E-state index contributed by atoms with van der Waals surface area (Å²) in [4.78, 5) is 0. The van der Waals surface area contributed by atoms with Crippen molar-refractivity contribution in [2.24, 2.45) is 5.41 Å². The number of hydrogen-bond donors (Lipinski definition) is 1. The van der Waals surface area contributed by atoms with Gasteiger partial charge in [-0.25, -0.2) is 0 Å². The minimum Gasteiger partial charge on any atom is -0.177 e. The van der Waals surface area contributed by atoms with Gasteiger partial charge in [0, 0.05) is 6.42 Å². The lowest BCUT2D eigenvalue weighted by molar-refractivity contribution is 0.364. The topological polar surface area (TPSA) is 54.5 Å². The number of aryl methyl sites for hydroxylation is 1. The summed E-state index contributed by atoms with van der Waals surface area (Å²) in [7, 11) is 0. The quantitative estimate of drug-likeness (QED) is 0.745. The first-order chi connectivity index (χ1) is 5.58. The predicted molar refractivity (Wildman–Crippen MR) is 46.6 cm³/mol. The van der Waals surface area contributed by atoms with Crippen LogP contribution in [0.2, 0.25) is 0 Å². The molecule has 0 amide bonds. The molecule has 1 heterocycles. The Hall–Kier alpha value is -0.930. The van der Waals surface area contributed by atoms with Gasteiger partial charge in [0.2, 0.25) is 0 Å². The average Bonchev–Trinajstić information content (AvgIpc) is 2.36. The SMILES string of the molecule is CC(C)(C)CCCc1nn[nH]n1. The number of tetrazole rings is 1. The molecule has 4 nitrogen and oxygen atoms in total. The van der Waals surface area contributed by atoms with Crippen LogP contribution in [0.3, 0.4) is 0 Å². The van der Waals surface area contributed by atoms with Gasteiger partial charge in [0.25, 0.3) is 0 Å². The molecule has 0 atom stereocenters. The van der Waals surface area contributed by atoms with Gasteiger partial charge in [0.05, 0.1) is 0 Å². The maximum absolute atomic E-state index is 3.89. The van der Waals surface area contributed by atoms with Gasteiger partial charge in [-0.3, -0.25) is 0 Å². The third kappa shape index (κ3) is 3.46. The summed E-state index contributed by atoms with van der Waals surface area (Å²) >= 11 is 0. The third-order valence-corrected chi connectivity index (χ3v) is 1.72. The van der Waals surface area contributed by atoms with Gasteiger partial charge < -0.3 is 0 Å². The van der Waals surface area contributed by atoms with Crippen molar-refractivity contribution in [3.8, 4) is 0 Å². The molecular weight excluding hydrogens is 152 g/mol. The summed E-state index contributed by atoms with van der Waals surface area (Å²) in [6.07, 6.45) is 3.25. The molecule has 0 aliphatic rings. The molecule has 68 valence electrons. The van der Waals surface area contributed by atoms with Gasteiger partial charge in [-0.05, 0) is 18.3 Å². The summed E-state index contributed by atoms with van der Waals surface area (Å²) in [5, 5.41) is 13.7. The average molecular weight is 168 g/mol. The molecule has 4 heteroatoms. The van der Waals surface area contributed by atoms with E-state index in [1.165, 1.54) is 6.42 Å². The number of H-pyrrole nitrogens is 1. The van der Waals surface area contributed by atoms with Crippen molar-refractivity contribution in [3.63, 3.8) is 0 Å². The van der Waals surface area contributed by atoms with E-state index in [0.29, 0.717) is 5.41 Å². The summed E-state index contributed by atoms with van der Waals surface area (Å²) in [5.41, 5.74) is 0.406. The monoisotopic (exact) mass is 168 g/mol. The predicted octanol–water partition coefficient (Wildman–Crippen LogP) is 1.57. The fraction of sp³-hybridized carbons (Fsp3) is 0.875. The number of rotatable bonds is 3. The fourth-order valence-electron chi connectivity index (χ4n) is 1.07. The van der Waals surface area contributed by atoms with Crippen LogP contribution in [0.4, 0.5) is 0 Å². The Morgan fingerprint density at radius 1 is 1.33 bits per heavy atom. The molecule has 0 unspecified atom stereocenters. The number of hydrogen-bond acceptors (Lipinski definition) is 3. The van der Waals surface area contributed by atoms with Crippen LogP contribution in [0.1, 0.15) is 39.4 Å². The minimum absolute atomic E-state index is 0.406. The highest BCUT2D eigenvalue weighted by atomic mass is 15.5. The molecule has 1 aromatic heterocycles. The molecule has 0 saturated heterocycles. The summed E-state index contributed by atoms with van der Waals surface area (Å²) in [6.45, 7) is 6.72. The first-order valence-corrected chi connectivity index (χ1v) is 4.30. The second kappa shape index (κ2) is 3.65. The van der Waals surface area contributed by atoms with E-state index in [9.17, 15) is 0 Å². The van der Waals surface area contributed by atoms with Crippen LogP contribution in [0.5, 0.6) is 0 Å². The maximum atomic E-state index is 3.89. The Balaban J connectivity index is 2.20. The summed E-state index contributed by atoms with van der Waals surface area (Å²) < 4.78 is 0. The van der Waals surface area contributed by atoms with Gasteiger partial charge in [-0.15, -0.1) is 10.2 Å². The smallest absolute Gasteiger partial charge is 0.174 e. The molecule has 0 saturated carbocycles. The lowest BCUT2D eigenvalue weighted by Gasteiger charge is -2.16. The first kappa shape index (κ1) is 9.16. The van der Waals surface area contributed by atoms with E-state index in [4.69, 9.17) is 0 Å². The molecule has 0 bridgehead atoms. The Morgan fingerprint density at radius 3 is 2.58 bits per heavy atom. The number of aromatic nitrogens is 4. The second-order valence-electron chi connectivity index (χ2n) is 4.24. The van der Waals surface area contributed by atoms with E-state index in [1.807, 2.05) is 0 Å². The zero-order chi connectivity index (χ0) is 9.03. The van der Waals surface area contributed by atoms with Gasteiger partial charge in [0.1, 0.15) is 0 Å². The molecule has 0 radical (unpaired) electrons. The Morgan fingerprint density at radius 2 is 2.08 bits per heavy atom. The number of aromatic amines is 1. The molecule has 0 aliphatic carbocycles. The maximum Gasteiger partial charge on any atom is 0.174 e. The van der Waals surface area contributed by atoms with Gasteiger partial charge in [-0.2, -0.15) is 5.21 Å². The molecular formula is C8H16N4. The lowest BCUT2D eigenvalue weighted by Crippen LogP contribution is -2.05. The van der Waals surface area contributed by atoms with Crippen molar-refractivity contribution in [3.05, 3.63) is 5.82 Å². The molecule has 1 rings (SSSR count). The van der Waals surface area contributed by atoms with Crippen molar-refractivity contribution in [1.82, 2.24) is 20.6 Å². The Bertz CT molecular complexity index is 209. The highest BCUT2D eigenvalue weighted by Gasteiger charge is 2.09. The normalized spacial score (nSPS) is 11.9. The van der Waals surface area contributed by atoms with Crippen molar-refractivity contribution in [1.29, 1.82) is 0 Å². The van der Waals surface area contributed by atoms with Gasteiger partial charge in [0.15, 0.2) is 5.82 Å². The van der Waals surface area contributed by atoms with E-state index in [2.05, 4.69) is 41.4 Å². The van der Waals surface area contributed by atoms with Crippen molar-refractivity contribution in [2.45, 2.75) is 40.0 Å².